The number of benzene rings is 2. The second-order valence-corrected chi connectivity index (χ2v) is 9.72. The molecular weight excluding hydrogens is 441 g/mol. The highest BCUT2D eigenvalue weighted by molar-refractivity contribution is 5.90. The van der Waals surface area contributed by atoms with Gasteiger partial charge in [-0.2, -0.15) is 0 Å². The van der Waals surface area contributed by atoms with Crippen LogP contribution in [-0.2, 0) is 4.74 Å². The summed E-state index contributed by atoms with van der Waals surface area (Å²) in [6.07, 6.45) is 6.85. The zero-order valence-electron chi connectivity index (χ0n) is 19.9. The summed E-state index contributed by atoms with van der Waals surface area (Å²) in [5.74, 6) is -2.03. The summed E-state index contributed by atoms with van der Waals surface area (Å²) >= 11 is 0. The van der Waals surface area contributed by atoms with E-state index in [9.17, 15) is 18.0 Å². The van der Waals surface area contributed by atoms with E-state index in [1.165, 1.54) is 19.2 Å². The van der Waals surface area contributed by atoms with Crippen LogP contribution in [-0.4, -0.2) is 19.2 Å². The summed E-state index contributed by atoms with van der Waals surface area (Å²) in [6.45, 7) is 2.16. The van der Waals surface area contributed by atoms with E-state index >= 15 is 0 Å². The Hall–Kier alpha value is -2.50. The summed E-state index contributed by atoms with van der Waals surface area (Å²) < 4.78 is 54.7. The number of carbonyl (C=O) groups is 1. The van der Waals surface area contributed by atoms with Gasteiger partial charge in [0.05, 0.1) is 12.7 Å². The fourth-order valence-corrected chi connectivity index (χ4v) is 5.59. The average Bonchev–Trinajstić information content (AvgIpc) is 2.86. The number of methoxy groups -OCH3 is 1. The van der Waals surface area contributed by atoms with E-state index in [4.69, 9.17) is 9.47 Å². The molecule has 2 fully saturated rings. The Labute approximate surface area is 199 Å². The van der Waals surface area contributed by atoms with Crippen LogP contribution in [0.4, 0.5) is 13.2 Å². The summed E-state index contributed by atoms with van der Waals surface area (Å²) in [5, 5.41) is 0. The first-order valence-corrected chi connectivity index (χ1v) is 12.4. The normalized spacial score (nSPS) is 25.1. The minimum absolute atomic E-state index is 0.00371. The van der Waals surface area contributed by atoms with Gasteiger partial charge in [0.2, 0.25) is 0 Å². The Morgan fingerprint density at radius 1 is 0.853 bits per heavy atom. The number of rotatable bonds is 6. The standard InChI is InChI=1S/C28H33F3O3/c1-3-17-4-6-19(7-5-17)23-14-15-24(27(31)26(23)30)28(32)34-20-10-8-18(9-11-20)22-13-12-21(33-2)16-25(22)29/h12-20H,3-11H2,1-2H3. The molecule has 6 heteroatoms. The predicted molar refractivity (Wildman–Crippen MR) is 125 cm³/mol. The van der Waals surface area contributed by atoms with Gasteiger partial charge in [0.25, 0.3) is 0 Å². The highest BCUT2D eigenvalue weighted by Gasteiger charge is 2.30. The molecule has 0 aliphatic heterocycles. The van der Waals surface area contributed by atoms with Gasteiger partial charge in [-0.05, 0) is 92.4 Å². The lowest BCUT2D eigenvalue weighted by Crippen LogP contribution is -2.25. The Balaban J connectivity index is 1.36. The maximum atomic E-state index is 14.9. The molecule has 2 aliphatic carbocycles. The van der Waals surface area contributed by atoms with Gasteiger partial charge in [-0.25, -0.2) is 18.0 Å². The lowest BCUT2D eigenvalue weighted by Gasteiger charge is -2.29. The quantitative estimate of drug-likeness (QED) is 0.403. The molecule has 3 nitrogen and oxygen atoms in total. The monoisotopic (exact) mass is 474 g/mol. The first-order valence-electron chi connectivity index (χ1n) is 12.4. The van der Waals surface area contributed by atoms with Crippen molar-refractivity contribution >= 4 is 5.97 Å². The van der Waals surface area contributed by atoms with Crippen molar-refractivity contribution in [2.45, 2.75) is 82.7 Å². The molecule has 0 aromatic heterocycles. The van der Waals surface area contributed by atoms with Gasteiger partial charge in [-0.3, -0.25) is 0 Å². The zero-order chi connectivity index (χ0) is 24.2. The molecule has 0 spiro atoms. The molecule has 0 N–H and O–H groups in total. The third kappa shape index (κ3) is 5.26. The van der Waals surface area contributed by atoms with E-state index in [0.29, 0.717) is 48.5 Å². The fourth-order valence-electron chi connectivity index (χ4n) is 5.59. The summed E-state index contributed by atoms with van der Waals surface area (Å²) in [6, 6.07) is 7.76. The molecule has 2 saturated carbocycles. The maximum absolute atomic E-state index is 14.9. The summed E-state index contributed by atoms with van der Waals surface area (Å²) in [7, 11) is 1.49. The minimum atomic E-state index is -1.12. The van der Waals surface area contributed by atoms with Gasteiger partial charge in [0.1, 0.15) is 17.7 Å². The zero-order valence-corrected chi connectivity index (χ0v) is 19.9. The van der Waals surface area contributed by atoms with Crippen LogP contribution in [0.5, 0.6) is 5.75 Å². The first kappa shape index (κ1) is 24.6. The molecule has 2 aliphatic rings. The molecule has 2 aromatic rings. The number of carbonyl (C=O) groups excluding carboxylic acids is 1. The van der Waals surface area contributed by atoms with Crippen LogP contribution >= 0.6 is 0 Å². The fraction of sp³-hybridized carbons (Fsp3) is 0.536. The van der Waals surface area contributed by atoms with Crippen LogP contribution in [0.25, 0.3) is 0 Å². The van der Waals surface area contributed by atoms with Gasteiger partial charge in [-0.15, -0.1) is 0 Å². The second-order valence-electron chi connectivity index (χ2n) is 9.72. The van der Waals surface area contributed by atoms with Crippen molar-refractivity contribution in [3.63, 3.8) is 0 Å². The lowest BCUT2D eigenvalue weighted by atomic mass is 9.77. The van der Waals surface area contributed by atoms with Crippen LogP contribution in [0, 0.1) is 23.4 Å². The van der Waals surface area contributed by atoms with E-state index < -0.39 is 23.7 Å². The molecule has 0 bridgehead atoms. The molecule has 4 rings (SSSR count). The van der Waals surface area contributed by atoms with E-state index in [2.05, 4.69) is 6.92 Å². The highest BCUT2D eigenvalue weighted by atomic mass is 19.2. The number of esters is 1. The van der Waals surface area contributed by atoms with Crippen molar-refractivity contribution in [2.24, 2.45) is 5.92 Å². The van der Waals surface area contributed by atoms with Gasteiger partial charge in [0, 0.05) is 6.07 Å². The van der Waals surface area contributed by atoms with Crippen LogP contribution in [0.1, 0.15) is 98.0 Å². The molecule has 0 heterocycles. The minimum Gasteiger partial charge on any atom is -0.497 e. The van der Waals surface area contributed by atoms with Crippen molar-refractivity contribution < 1.29 is 27.4 Å². The molecule has 34 heavy (non-hydrogen) atoms. The van der Waals surface area contributed by atoms with Gasteiger partial charge < -0.3 is 9.47 Å². The van der Waals surface area contributed by atoms with Crippen molar-refractivity contribution in [1.82, 2.24) is 0 Å². The number of hydrogen-bond acceptors (Lipinski definition) is 3. The highest BCUT2D eigenvalue weighted by Crippen LogP contribution is 2.39. The number of ether oxygens (including phenoxy) is 2. The van der Waals surface area contributed by atoms with Crippen molar-refractivity contribution in [3.8, 4) is 5.75 Å². The lowest BCUT2D eigenvalue weighted by molar-refractivity contribution is 0.0188. The Kier molecular flexibility index (Phi) is 7.84. The smallest absolute Gasteiger partial charge is 0.341 e. The van der Waals surface area contributed by atoms with Crippen molar-refractivity contribution in [3.05, 3.63) is 64.5 Å². The third-order valence-corrected chi connectivity index (χ3v) is 7.79. The Morgan fingerprint density at radius 2 is 1.47 bits per heavy atom. The van der Waals surface area contributed by atoms with E-state index in [0.717, 1.165) is 32.1 Å². The first-order chi connectivity index (χ1) is 16.4. The third-order valence-electron chi connectivity index (χ3n) is 7.79. The van der Waals surface area contributed by atoms with Crippen molar-refractivity contribution in [2.75, 3.05) is 7.11 Å². The molecule has 0 radical (unpaired) electrons. The van der Waals surface area contributed by atoms with Crippen LogP contribution < -0.4 is 4.74 Å². The van der Waals surface area contributed by atoms with Gasteiger partial charge in [-0.1, -0.05) is 25.5 Å². The largest absolute Gasteiger partial charge is 0.497 e. The topological polar surface area (TPSA) is 35.5 Å². The Morgan fingerprint density at radius 3 is 2.09 bits per heavy atom. The number of hydrogen-bond donors (Lipinski definition) is 0. The van der Waals surface area contributed by atoms with Crippen molar-refractivity contribution in [1.29, 1.82) is 0 Å². The van der Waals surface area contributed by atoms with Gasteiger partial charge in [0.15, 0.2) is 11.6 Å². The average molecular weight is 475 g/mol. The SMILES string of the molecule is CCC1CCC(c2ccc(C(=O)OC3CCC(c4ccc(OC)cc4F)CC3)c(F)c2F)CC1. The van der Waals surface area contributed by atoms with Crippen LogP contribution in [0.3, 0.4) is 0 Å². The predicted octanol–water partition coefficient (Wildman–Crippen LogP) is 7.68. The van der Waals surface area contributed by atoms with E-state index in [1.807, 2.05) is 0 Å². The van der Waals surface area contributed by atoms with E-state index in [-0.39, 0.29) is 23.2 Å². The second kappa shape index (κ2) is 10.8. The number of halogens is 3. The molecule has 0 amide bonds. The molecular formula is C28H33F3O3. The van der Waals surface area contributed by atoms with Gasteiger partial charge >= 0.3 is 5.97 Å². The summed E-state index contributed by atoms with van der Waals surface area (Å²) in [4.78, 5) is 12.6. The Bertz CT molecular complexity index is 1010. The molecule has 0 atom stereocenters. The molecule has 184 valence electrons. The van der Waals surface area contributed by atoms with Crippen LogP contribution in [0.15, 0.2) is 30.3 Å². The molecule has 0 unspecified atom stereocenters. The molecule has 0 saturated heterocycles. The van der Waals surface area contributed by atoms with Crippen LogP contribution in [0.2, 0.25) is 0 Å². The summed E-state index contributed by atoms with van der Waals surface area (Å²) in [5.41, 5.74) is 0.639. The maximum Gasteiger partial charge on any atom is 0.341 e. The van der Waals surface area contributed by atoms with E-state index in [1.54, 1.807) is 18.2 Å². The molecule has 2 aromatic carbocycles.